The number of hydrogen-bond acceptors (Lipinski definition) is 4. The first kappa shape index (κ1) is 17.5. The summed E-state index contributed by atoms with van der Waals surface area (Å²) in [4.78, 5) is 10.8. The van der Waals surface area contributed by atoms with Gasteiger partial charge in [0.05, 0.1) is 13.3 Å². The van der Waals surface area contributed by atoms with Crippen LogP contribution in [-0.4, -0.2) is 19.2 Å². The molecular formula is C21H20N2O3. The Hall–Kier alpha value is -3.34. The van der Waals surface area contributed by atoms with Gasteiger partial charge in [0.15, 0.2) is 11.5 Å². The van der Waals surface area contributed by atoms with Gasteiger partial charge >= 0.3 is 0 Å². The van der Waals surface area contributed by atoms with Crippen LogP contribution in [0.1, 0.15) is 18.1 Å². The van der Waals surface area contributed by atoms with Crippen LogP contribution in [0.3, 0.4) is 0 Å². The first-order chi connectivity index (χ1) is 12.7. The Bertz CT molecular complexity index is 951. The molecule has 26 heavy (non-hydrogen) atoms. The first-order valence-corrected chi connectivity index (χ1v) is 8.24. The van der Waals surface area contributed by atoms with E-state index in [4.69, 9.17) is 9.47 Å². The summed E-state index contributed by atoms with van der Waals surface area (Å²) in [6.45, 7) is 1.85. The minimum Gasteiger partial charge on any atom is -0.493 e. The number of nitrogens with zero attached hydrogens (tertiary/aromatic N) is 1. The maximum atomic E-state index is 10.8. The van der Waals surface area contributed by atoms with E-state index in [-0.39, 0.29) is 5.91 Å². The molecule has 1 N–H and O–H groups in total. The number of carbonyl (C=O) groups excluding carboxylic acids is 1. The molecule has 0 spiro atoms. The van der Waals surface area contributed by atoms with Gasteiger partial charge in [-0.15, -0.1) is 0 Å². The molecule has 5 heteroatoms. The van der Waals surface area contributed by atoms with Gasteiger partial charge < -0.3 is 9.47 Å². The van der Waals surface area contributed by atoms with Crippen LogP contribution in [0.15, 0.2) is 65.8 Å². The summed E-state index contributed by atoms with van der Waals surface area (Å²) < 4.78 is 11.3. The molecule has 0 aromatic heterocycles. The van der Waals surface area contributed by atoms with Crippen molar-refractivity contribution in [3.05, 3.63) is 71.8 Å². The third kappa shape index (κ3) is 4.39. The first-order valence-electron chi connectivity index (χ1n) is 8.24. The van der Waals surface area contributed by atoms with Gasteiger partial charge in [0.2, 0.25) is 5.91 Å². The Morgan fingerprint density at radius 1 is 1.04 bits per heavy atom. The fourth-order valence-corrected chi connectivity index (χ4v) is 2.57. The zero-order chi connectivity index (χ0) is 18.4. The van der Waals surface area contributed by atoms with Crippen molar-refractivity contribution in [3.63, 3.8) is 0 Å². The van der Waals surface area contributed by atoms with Gasteiger partial charge in [0, 0.05) is 6.92 Å². The third-order valence-corrected chi connectivity index (χ3v) is 3.83. The van der Waals surface area contributed by atoms with E-state index in [2.05, 4.69) is 40.9 Å². The molecule has 0 aliphatic rings. The third-order valence-electron chi connectivity index (χ3n) is 3.83. The van der Waals surface area contributed by atoms with E-state index in [1.807, 2.05) is 24.3 Å². The molecule has 0 aliphatic carbocycles. The second-order valence-corrected chi connectivity index (χ2v) is 5.81. The summed E-state index contributed by atoms with van der Waals surface area (Å²) in [7, 11) is 1.59. The fourth-order valence-electron chi connectivity index (χ4n) is 2.57. The van der Waals surface area contributed by atoms with Crippen LogP contribution in [0.5, 0.6) is 11.5 Å². The summed E-state index contributed by atoms with van der Waals surface area (Å²) in [5.74, 6) is 1.04. The summed E-state index contributed by atoms with van der Waals surface area (Å²) in [5.41, 5.74) is 4.25. The number of hydrogen-bond donors (Lipinski definition) is 1. The Labute approximate surface area is 152 Å². The van der Waals surface area contributed by atoms with Gasteiger partial charge in [0.25, 0.3) is 0 Å². The molecule has 0 fully saturated rings. The van der Waals surface area contributed by atoms with Gasteiger partial charge in [-0.05, 0) is 46.2 Å². The number of rotatable bonds is 6. The molecule has 0 radical (unpaired) electrons. The van der Waals surface area contributed by atoms with Crippen LogP contribution in [0.4, 0.5) is 0 Å². The van der Waals surface area contributed by atoms with Crippen LogP contribution >= 0.6 is 0 Å². The van der Waals surface area contributed by atoms with Gasteiger partial charge in [-0.2, -0.15) is 5.10 Å². The molecule has 3 aromatic rings. The summed E-state index contributed by atoms with van der Waals surface area (Å²) in [6, 6.07) is 20.0. The lowest BCUT2D eigenvalue weighted by Crippen LogP contribution is -2.12. The van der Waals surface area contributed by atoms with Crippen molar-refractivity contribution in [1.29, 1.82) is 0 Å². The number of amides is 1. The molecule has 0 aliphatic heterocycles. The number of fused-ring (bicyclic) bond motifs is 1. The normalized spacial score (nSPS) is 10.8. The highest BCUT2D eigenvalue weighted by Crippen LogP contribution is 2.28. The topological polar surface area (TPSA) is 59.9 Å². The molecule has 0 saturated heterocycles. The molecule has 1 amide bonds. The molecule has 132 valence electrons. The van der Waals surface area contributed by atoms with Crippen molar-refractivity contribution in [2.45, 2.75) is 13.5 Å². The van der Waals surface area contributed by atoms with E-state index < -0.39 is 0 Å². The van der Waals surface area contributed by atoms with E-state index in [0.29, 0.717) is 18.1 Å². The van der Waals surface area contributed by atoms with Gasteiger partial charge in [-0.25, -0.2) is 5.43 Å². The van der Waals surface area contributed by atoms with Crippen LogP contribution in [0.2, 0.25) is 0 Å². The van der Waals surface area contributed by atoms with Crippen molar-refractivity contribution >= 4 is 22.9 Å². The summed E-state index contributed by atoms with van der Waals surface area (Å²) in [5, 5.41) is 6.24. The van der Waals surface area contributed by atoms with Crippen molar-refractivity contribution in [3.8, 4) is 11.5 Å². The van der Waals surface area contributed by atoms with Gasteiger partial charge in [-0.1, -0.05) is 36.4 Å². The lowest BCUT2D eigenvalue weighted by Gasteiger charge is -2.12. The molecule has 0 bridgehead atoms. The quantitative estimate of drug-likeness (QED) is 0.543. The minimum absolute atomic E-state index is 0.219. The van der Waals surface area contributed by atoms with Crippen molar-refractivity contribution in [1.82, 2.24) is 5.43 Å². The average Bonchev–Trinajstić information content (AvgIpc) is 2.66. The highest BCUT2D eigenvalue weighted by molar-refractivity contribution is 5.83. The predicted molar refractivity (Wildman–Crippen MR) is 103 cm³/mol. The van der Waals surface area contributed by atoms with Crippen molar-refractivity contribution < 1.29 is 14.3 Å². The number of benzene rings is 3. The average molecular weight is 348 g/mol. The van der Waals surface area contributed by atoms with Crippen LogP contribution in [-0.2, 0) is 11.4 Å². The van der Waals surface area contributed by atoms with E-state index in [1.165, 1.54) is 17.7 Å². The smallest absolute Gasteiger partial charge is 0.236 e. The lowest BCUT2D eigenvalue weighted by molar-refractivity contribution is -0.118. The molecule has 0 heterocycles. The Morgan fingerprint density at radius 3 is 2.62 bits per heavy atom. The number of nitrogens with one attached hydrogen (secondary N) is 1. The van der Waals surface area contributed by atoms with E-state index in [9.17, 15) is 4.79 Å². The van der Waals surface area contributed by atoms with Crippen molar-refractivity contribution in [2.24, 2.45) is 5.10 Å². The van der Waals surface area contributed by atoms with E-state index in [1.54, 1.807) is 19.4 Å². The Balaban J connectivity index is 1.72. The second kappa shape index (κ2) is 8.16. The molecule has 5 nitrogen and oxygen atoms in total. The van der Waals surface area contributed by atoms with Crippen molar-refractivity contribution in [2.75, 3.05) is 7.11 Å². The lowest BCUT2D eigenvalue weighted by atomic mass is 10.1. The molecule has 3 aromatic carbocycles. The number of carbonyl (C=O) groups is 1. The molecule has 0 saturated carbocycles. The van der Waals surface area contributed by atoms with E-state index >= 15 is 0 Å². The Kier molecular flexibility index (Phi) is 5.49. The summed E-state index contributed by atoms with van der Waals surface area (Å²) in [6.07, 6.45) is 1.55. The number of hydrazone groups is 1. The standard InChI is InChI=1S/C21H20N2O3/c1-15(24)23-22-13-16-8-10-20(21(12-16)25-2)26-14-17-7-9-18-5-3-4-6-19(18)11-17/h3-13H,14H2,1-2H3,(H,23,24)/b22-13-. The van der Waals surface area contributed by atoms with Crippen LogP contribution < -0.4 is 14.9 Å². The van der Waals surface area contributed by atoms with E-state index in [0.717, 1.165) is 11.1 Å². The molecule has 3 rings (SSSR count). The van der Waals surface area contributed by atoms with Crippen LogP contribution in [0.25, 0.3) is 10.8 Å². The van der Waals surface area contributed by atoms with Gasteiger partial charge in [0.1, 0.15) is 6.61 Å². The highest BCUT2D eigenvalue weighted by Gasteiger charge is 2.06. The second-order valence-electron chi connectivity index (χ2n) is 5.81. The SMILES string of the molecule is COc1cc(/C=N\NC(C)=O)ccc1OCc1ccc2ccccc2c1. The zero-order valence-electron chi connectivity index (χ0n) is 14.7. The number of ether oxygens (including phenoxy) is 2. The molecule has 0 atom stereocenters. The zero-order valence-corrected chi connectivity index (χ0v) is 14.7. The molecular weight excluding hydrogens is 328 g/mol. The maximum absolute atomic E-state index is 10.8. The Morgan fingerprint density at radius 2 is 1.85 bits per heavy atom. The minimum atomic E-state index is -0.219. The monoisotopic (exact) mass is 348 g/mol. The maximum Gasteiger partial charge on any atom is 0.236 e. The fraction of sp³-hybridized carbons (Fsp3) is 0.143. The largest absolute Gasteiger partial charge is 0.493 e. The number of methoxy groups -OCH3 is 1. The predicted octanol–water partition coefficient (Wildman–Crippen LogP) is 3.90. The summed E-state index contributed by atoms with van der Waals surface area (Å²) >= 11 is 0. The molecule has 0 unspecified atom stereocenters. The highest BCUT2D eigenvalue weighted by atomic mass is 16.5. The van der Waals surface area contributed by atoms with Gasteiger partial charge in [-0.3, -0.25) is 4.79 Å². The van der Waals surface area contributed by atoms with Crippen LogP contribution in [0, 0.1) is 0 Å².